The van der Waals surface area contributed by atoms with Gasteiger partial charge in [0.2, 0.25) is 0 Å². The lowest BCUT2D eigenvalue weighted by atomic mass is 10.1. The first-order valence-corrected chi connectivity index (χ1v) is 6.95. The molecule has 0 aliphatic carbocycles. The molecule has 0 aliphatic heterocycles. The number of aromatic nitrogens is 2. The summed E-state index contributed by atoms with van der Waals surface area (Å²) in [6, 6.07) is 11.1. The Morgan fingerprint density at radius 2 is 1.95 bits per heavy atom. The lowest BCUT2D eigenvalue weighted by Gasteiger charge is -2.08. The molecule has 0 fully saturated rings. The Labute approximate surface area is 115 Å². The van der Waals surface area contributed by atoms with Gasteiger partial charge >= 0.3 is 0 Å². The van der Waals surface area contributed by atoms with Crippen LogP contribution in [-0.2, 0) is 19.5 Å². The fourth-order valence-electron chi connectivity index (χ4n) is 2.08. The highest BCUT2D eigenvalue weighted by molar-refractivity contribution is 5.17. The molecule has 2 aromatic rings. The van der Waals surface area contributed by atoms with Gasteiger partial charge in [0.15, 0.2) is 0 Å². The van der Waals surface area contributed by atoms with Gasteiger partial charge in [-0.1, -0.05) is 44.2 Å². The minimum atomic E-state index is 0.507. The molecule has 0 aliphatic rings. The standard InChI is InChI=1S/C16H23N3/c1-13(2)17-11-16-12-18-19(14(16)3)10-9-15-7-5-4-6-8-15/h4-8,12-13,17H,9-11H2,1-3H3. The second kappa shape index (κ2) is 6.53. The maximum absolute atomic E-state index is 4.49. The van der Waals surface area contributed by atoms with Crippen molar-refractivity contribution in [1.29, 1.82) is 0 Å². The van der Waals surface area contributed by atoms with Crippen molar-refractivity contribution < 1.29 is 0 Å². The average molecular weight is 257 g/mol. The minimum absolute atomic E-state index is 0.507. The zero-order valence-corrected chi connectivity index (χ0v) is 12.1. The zero-order valence-electron chi connectivity index (χ0n) is 12.1. The Morgan fingerprint density at radius 3 is 2.63 bits per heavy atom. The van der Waals surface area contributed by atoms with Crippen LogP contribution in [-0.4, -0.2) is 15.8 Å². The SMILES string of the molecule is Cc1c(CNC(C)C)cnn1CCc1ccccc1. The smallest absolute Gasteiger partial charge is 0.0537 e. The molecule has 1 aromatic carbocycles. The van der Waals surface area contributed by atoms with Crippen LogP contribution < -0.4 is 5.32 Å². The van der Waals surface area contributed by atoms with E-state index in [-0.39, 0.29) is 0 Å². The molecule has 0 saturated heterocycles. The van der Waals surface area contributed by atoms with E-state index in [1.165, 1.54) is 16.8 Å². The van der Waals surface area contributed by atoms with E-state index in [2.05, 4.69) is 66.2 Å². The molecule has 2 rings (SSSR count). The Bertz CT molecular complexity index is 500. The van der Waals surface area contributed by atoms with Crippen LogP contribution >= 0.6 is 0 Å². The number of hydrogen-bond acceptors (Lipinski definition) is 2. The molecule has 19 heavy (non-hydrogen) atoms. The number of nitrogens with zero attached hydrogens (tertiary/aromatic N) is 2. The molecule has 3 nitrogen and oxygen atoms in total. The molecule has 1 N–H and O–H groups in total. The van der Waals surface area contributed by atoms with Crippen molar-refractivity contribution in [3.05, 3.63) is 53.3 Å². The molecule has 0 radical (unpaired) electrons. The van der Waals surface area contributed by atoms with Gasteiger partial charge in [-0.15, -0.1) is 0 Å². The molecule has 102 valence electrons. The molecule has 1 heterocycles. The maximum Gasteiger partial charge on any atom is 0.0537 e. The van der Waals surface area contributed by atoms with Crippen molar-refractivity contribution in [3.63, 3.8) is 0 Å². The lowest BCUT2D eigenvalue weighted by molar-refractivity contribution is 0.578. The van der Waals surface area contributed by atoms with Crippen LogP contribution in [0.5, 0.6) is 0 Å². The summed E-state index contributed by atoms with van der Waals surface area (Å²) in [4.78, 5) is 0. The van der Waals surface area contributed by atoms with Crippen LogP contribution in [0.25, 0.3) is 0 Å². The zero-order chi connectivity index (χ0) is 13.7. The van der Waals surface area contributed by atoms with E-state index in [0.717, 1.165) is 19.5 Å². The van der Waals surface area contributed by atoms with Crippen molar-refractivity contribution in [2.75, 3.05) is 0 Å². The molecular formula is C16H23N3. The van der Waals surface area contributed by atoms with Crippen molar-refractivity contribution in [3.8, 4) is 0 Å². The largest absolute Gasteiger partial charge is 0.310 e. The van der Waals surface area contributed by atoms with Gasteiger partial charge in [0.05, 0.1) is 6.20 Å². The van der Waals surface area contributed by atoms with E-state index >= 15 is 0 Å². The summed E-state index contributed by atoms with van der Waals surface area (Å²) < 4.78 is 2.10. The molecule has 0 amide bonds. The Kier molecular flexibility index (Phi) is 4.74. The van der Waals surface area contributed by atoms with Gasteiger partial charge in [-0.3, -0.25) is 4.68 Å². The summed E-state index contributed by atoms with van der Waals surface area (Å²) >= 11 is 0. The third-order valence-corrected chi connectivity index (χ3v) is 3.36. The summed E-state index contributed by atoms with van der Waals surface area (Å²) in [7, 11) is 0. The van der Waals surface area contributed by atoms with Crippen molar-refractivity contribution >= 4 is 0 Å². The third-order valence-electron chi connectivity index (χ3n) is 3.36. The summed E-state index contributed by atoms with van der Waals surface area (Å²) in [5.41, 5.74) is 3.92. The quantitative estimate of drug-likeness (QED) is 0.862. The Hall–Kier alpha value is -1.61. The lowest BCUT2D eigenvalue weighted by Crippen LogP contribution is -2.22. The number of hydrogen-bond donors (Lipinski definition) is 1. The van der Waals surface area contributed by atoms with E-state index < -0.39 is 0 Å². The molecule has 0 saturated carbocycles. The fourth-order valence-corrected chi connectivity index (χ4v) is 2.08. The van der Waals surface area contributed by atoms with Crippen LogP contribution in [0.1, 0.15) is 30.7 Å². The normalized spacial score (nSPS) is 11.2. The minimum Gasteiger partial charge on any atom is -0.310 e. The summed E-state index contributed by atoms with van der Waals surface area (Å²) in [5, 5.41) is 7.92. The molecule has 0 unspecified atom stereocenters. The number of benzene rings is 1. The first kappa shape index (κ1) is 13.8. The number of nitrogens with one attached hydrogen (secondary N) is 1. The average Bonchev–Trinajstić information content (AvgIpc) is 2.76. The topological polar surface area (TPSA) is 29.9 Å². The van der Waals surface area contributed by atoms with E-state index in [9.17, 15) is 0 Å². The highest BCUT2D eigenvalue weighted by atomic mass is 15.3. The predicted molar refractivity (Wildman–Crippen MR) is 79.1 cm³/mol. The fraction of sp³-hybridized carbons (Fsp3) is 0.438. The van der Waals surface area contributed by atoms with Crippen molar-refractivity contribution in [2.45, 2.75) is 46.3 Å². The summed E-state index contributed by atoms with van der Waals surface area (Å²) in [6.07, 6.45) is 3.01. The maximum atomic E-state index is 4.49. The second-order valence-electron chi connectivity index (χ2n) is 5.25. The van der Waals surface area contributed by atoms with Gasteiger partial charge < -0.3 is 5.32 Å². The van der Waals surface area contributed by atoms with Gasteiger partial charge in [-0.05, 0) is 18.9 Å². The summed E-state index contributed by atoms with van der Waals surface area (Å²) in [5.74, 6) is 0. The highest BCUT2D eigenvalue weighted by Crippen LogP contribution is 2.09. The van der Waals surface area contributed by atoms with Crippen molar-refractivity contribution in [1.82, 2.24) is 15.1 Å². The van der Waals surface area contributed by atoms with Gasteiger partial charge in [-0.25, -0.2) is 0 Å². The molecule has 3 heteroatoms. The van der Waals surface area contributed by atoms with Crippen LogP contribution in [0.15, 0.2) is 36.5 Å². The van der Waals surface area contributed by atoms with Crippen LogP contribution in [0.3, 0.4) is 0 Å². The van der Waals surface area contributed by atoms with E-state index in [1.807, 2.05) is 6.20 Å². The predicted octanol–water partition coefficient (Wildman–Crippen LogP) is 2.93. The van der Waals surface area contributed by atoms with Crippen LogP contribution in [0, 0.1) is 6.92 Å². The van der Waals surface area contributed by atoms with E-state index in [4.69, 9.17) is 0 Å². The van der Waals surface area contributed by atoms with E-state index in [0.29, 0.717) is 6.04 Å². The van der Waals surface area contributed by atoms with Crippen LogP contribution in [0.4, 0.5) is 0 Å². The third kappa shape index (κ3) is 3.93. The van der Waals surface area contributed by atoms with Gasteiger partial charge in [0.25, 0.3) is 0 Å². The Morgan fingerprint density at radius 1 is 1.21 bits per heavy atom. The first-order valence-electron chi connectivity index (χ1n) is 6.95. The monoisotopic (exact) mass is 257 g/mol. The second-order valence-corrected chi connectivity index (χ2v) is 5.25. The molecule has 0 spiro atoms. The summed E-state index contributed by atoms with van der Waals surface area (Å²) in [6.45, 7) is 8.31. The van der Waals surface area contributed by atoms with Gasteiger partial charge in [-0.2, -0.15) is 5.10 Å². The molecule has 0 bridgehead atoms. The van der Waals surface area contributed by atoms with E-state index in [1.54, 1.807) is 0 Å². The highest BCUT2D eigenvalue weighted by Gasteiger charge is 2.06. The number of aryl methyl sites for hydroxylation is 2. The van der Waals surface area contributed by atoms with Gasteiger partial charge in [0.1, 0.15) is 0 Å². The molecular weight excluding hydrogens is 234 g/mol. The van der Waals surface area contributed by atoms with Crippen LogP contribution in [0.2, 0.25) is 0 Å². The first-order chi connectivity index (χ1) is 9.16. The molecule has 1 aromatic heterocycles. The number of rotatable bonds is 6. The van der Waals surface area contributed by atoms with Gasteiger partial charge in [0, 0.05) is 30.4 Å². The Balaban J connectivity index is 1.94. The molecule has 0 atom stereocenters. The van der Waals surface area contributed by atoms with Crippen molar-refractivity contribution in [2.24, 2.45) is 0 Å².